The predicted molar refractivity (Wildman–Crippen MR) is 363 cm³/mol. The minimum atomic E-state index is -4.95. The van der Waals surface area contributed by atoms with Crippen LogP contribution >= 0.6 is 15.6 Å². The smallest absolute Gasteiger partial charge is 0.462 e. The fraction of sp³-hybridized carbons (Fsp3) is 0.944. The molecule has 3 N–H and O–H groups in total. The molecule has 0 saturated carbocycles. The van der Waals surface area contributed by atoms with Crippen LogP contribution < -0.4 is 0 Å². The molecule has 90 heavy (non-hydrogen) atoms. The van der Waals surface area contributed by atoms with Crippen molar-refractivity contribution in [1.29, 1.82) is 0 Å². The number of rotatable bonds is 71. The fourth-order valence-electron chi connectivity index (χ4n) is 10.8. The Labute approximate surface area is 549 Å². The Bertz CT molecular complexity index is 1740. The van der Waals surface area contributed by atoms with Gasteiger partial charge in [-0.15, -0.1) is 0 Å². The Hall–Kier alpha value is -1.94. The second kappa shape index (κ2) is 64.4. The Kier molecular flexibility index (Phi) is 63.0. The molecule has 0 amide bonds. The molecular weight excluding hydrogens is 1190 g/mol. The van der Waals surface area contributed by atoms with Crippen LogP contribution in [0, 0.1) is 5.92 Å². The van der Waals surface area contributed by atoms with Gasteiger partial charge in [0.1, 0.15) is 19.3 Å². The van der Waals surface area contributed by atoms with Gasteiger partial charge < -0.3 is 33.8 Å². The van der Waals surface area contributed by atoms with E-state index in [1.807, 2.05) is 0 Å². The van der Waals surface area contributed by atoms with Gasteiger partial charge >= 0.3 is 39.5 Å². The highest BCUT2D eigenvalue weighted by Crippen LogP contribution is 2.45. The summed E-state index contributed by atoms with van der Waals surface area (Å²) >= 11 is 0. The highest BCUT2D eigenvalue weighted by atomic mass is 31.2. The molecule has 0 aliphatic heterocycles. The van der Waals surface area contributed by atoms with Gasteiger partial charge in [0.2, 0.25) is 0 Å². The topological polar surface area (TPSA) is 237 Å². The van der Waals surface area contributed by atoms with Gasteiger partial charge in [0.05, 0.1) is 26.4 Å². The molecule has 0 fully saturated rings. The molecule has 0 spiro atoms. The number of carbonyl (C=O) groups is 4. The highest BCUT2D eigenvalue weighted by molar-refractivity contribution is 7.47. The van der Waals surface area contributed by atoms with Crippen LogP contribution in [-0.4, -0.2) is 96.7 Å². The molecule has 0 bridgehead atoms. The van der Waals surface area contributed by atoms with Crippen LogP contribution in [0.15, 0.2) is 0 Å². The van der Waals surface area contributed by atoms with Crippen LogP contribution in [0.3, 0.4) is 0 Å². The lowest BCUT2D eigenvalue weighted by molar-refractivity contribution is -0.161. The van der Waals surface area contributed by atoms with Crippen molar-refractivity contribution in [3.05, 3.63) is 0 Å². The van der Waals surface area contributed by atoms with Crippen molar-refractivity contribution in [2.24, 2.45) is 5.92 Å². The highest BCUT2D eigenvalue weighted by Gasteiger charge is 2.30. The zero-order chi connectivity index (χ0) is 66.3. The number of ether oxygens (including phenoxy) is 4. The third-order valence-electron chi connectivity index (χ3n) is 16.5. The molecule has 0 radical (unpaired) electrons. The van der Waals surface area contributed by atoms with Crippen molar-refractivity contribution in [2.75, 3.05) is 39.6 Å². The maximum atomic E-state index is 13.0. The maximum absolute atomic E-state index is 13.0. The van der Waals surface area contributed by atoms with E-state index < -0.39 is 97.5 Å². The van der Waals surface area contributed by atoms with E-state index in [9.17, 15) is 43.2 Å². The molecule has 0 saturated heterocycles. The summed E-state index contributed by atoms with van der Waals surface area (Å²) in [6.07, 6.45) is 51.4. The van der Waals surface area contributed by atoms with Crippen LogP contribution in [0.2, 0.25) is 0 Å². The van der Waals surface area contributed by atoms with E-state index in [1.165, 1.54) is 193 Å². The first-order chi connectivity index (χ1) is 43.5. The van der Waals surface area contributed by atoms with Crippen molar-refractivity contribution in [2.45, 2.75) is 387 Å². The SMILES string of the molecule is CCCCCCCCCCCCCCCCCCC(=O)O[C@H](COC(=O)CCCCCCCCCCCCCCCCC)COP(=O)(O)OC[C@@H](O)COP(=O)(O)OC[C@@H](COC(=O)CCCCCCCCCCC)OC(=O)CCCCCCCCCC(C)C. The van der Waals surface area contributed by atoms with Gasteiger partial charge in [0, 0.05) is 25.7 Å². The first kappa shape index (κ1) is 88.1. The van der Waals surface area contributed by atoms with E-state index in [1.54, 1.807) is 0 Å². The number of carbonyl (C=O) groups excluding carboxylic acids is 4. The summed E-state index contributed by atoms with van der Waals surface area (Å²) in [5.41, 5.74) is 0. The monoisotopic (exact) mass is 1320 g/mol. The van der Waals surface area contributed by atoms with E-state index in [-0.39, 0.29) is 25.7 Å². The lowest BCUT2D eigenvalue weighted by Gasteiger charge is -2.21. The van der Waals surface area contributed by atoms with E-state index in [4.69, 9.17) is 37.0 Å². The standard InChI is InChI=1S/C71H138O17P2/c1-6-9-12-15-18-21-23-25-27-29-31-33-36-41-46-51-56-70(75)87-66(60-82-69(74)55-50-45-40-35-32-30-28-26-24-22-19-16-13-10-7-2)62-85-89(77,78)83-58-65(72)59-84-90(79,80)86-63-67(61-81-68(73)54-49-44-39-34-20-17-14-11-8-3)88-71(76)57-52-47-42-37-38-43-48-53-64(4)5/h64-67,72H,6-63H2,1-5H3,(H,77,78)(H,79,80)/t65-,66-,67-/m1/s1. The van der Waals surface area contributed by atoms with Gasteiger partial charge in [0.15, 0.2) is 12.2 Å². The van der Waals surface area contributed by atoms with Crippen molar-refractivity contribution >= 4 is 39.5 Å². The second-order valence-electron chi connectivity index (χ2n) is 26.1. The fourth-order valence-corrected chi connectivity index (χ4v) is 12.4. The average Bonchev–Trinajstić information content (AvgIpc) is 2.97. The van der Waals surface area contributed by atoms with Gasteiger partial charge in [-0.25, -0.2) is 9.13 Å². The van der Waals surface area contributed by atoms with Gasteiger partial charge in [0.25, 0.3) is 0 Å². The summed E-state index contributed by atoms with van der Waals surface area (Å²) in [5, 5.41) is 10.6. The number of phosphoric ester groups is 2. The van der Waals surface area contributed by atoms with Crippen molar-refractivity contribution in [1.82, 2.24) is 0 Å². The first-order valence-electron chi connectivity index (χ1n) is 37.1. The van der Waals surface area contributed by atoms with Crippen LogP contribution in [0.1, 0.15) is 369 Å². The van der Waals surface area contributed by atoms with Crippen molar-refractivity contribution in [3.63, 3.8) is 0 Å². The summed E-state index contributed by atoms with van der Waals surface area (Å²) in [6, 6.07) is 0. The van der Waals surface area contributed by atoms with Crippen LogP contribution in [0.4, 0.5) is 0 Å². The Morgan fingerprint density at radius 1 is 0.300 bits per heavy atom. The number of unbranched alkanes of at least 4 members (excludes halogenated alkanes) is 43. The molecule has 0 aliphatic rings. The quantitative estimate of drug-likeness (QED) is 0.0222. The summed E-state index contributed by atoms with van der Waals surface area (Å²) in [7, 11) is -9.90. The van der Waals surface area contributed by atoms with Crippen LogP contribution in [-0.2, 0) is 65.4 Å². The van der Waals surface area contributed by atoms with Crippen molar-refractivity contribution < 1.29 is 80.2 Å². The number of aliphatic hydroxyl groups is 1. The van der Waals surface area contributed by atoms with E-state index in [2.05, 4.69) is 34.6 Å². The van der Waals surface area contributed by atoms with Gasteiger partial charge in [-0.1, -0.05) is 317 Å². The molecule has 17 nitrogen and oxygen atoms in total. The summed E-state index contributed by atoms with van der Waals surface area (Å²) in [5.74, 6) is -1.43. The predicted octanol–water partition coefficient (Wildman–Crippen LogP) is 20.5. The maximum Gasteiger partial charge on any atom is 0.472 e. The number of aliphatic hydroxyl groups excluding tert-OH is 1. The molecule has 0 aliphatic carbocycles. The minimum absolute atomic E-state index is 0.104. The van der Waals surface area contributed by atoms with E-state index in [0.717, 1.165) is 89.9 Å². The minimum Gasteiger partial charge on any atom is -0.462 e. The third-order valence-corrected chi connectivity index (χ3v) is 18.4. The Morgan fingerprint density at radius 3 is 0.756 bits per heavy atom. The van der Waals surface area contributed by atoms with Crippen LogP contribution in [0.5, 0.6) is 0 Å². The molecule has 534 valence electrons. The second-order valence-corrected chi connectivity index (χ2v) is 29.0. The largest absolute Gasteiger partial charge is 0.472 e. The van der Waals surface area contributed by atoms with Gasteiger partial charge in [-0.2, -0.15) is 0 Å². The summed E-state index contributed by atoms with van der Waals surface area (Å²) in [6.45, 7) is 7.18. The average molecular weight is 1330 g/mol. The lowest BCUT2D eigenvalue weighted by atomic mass is 10.0. The van der Waals surface area contributed by atoms with Crippen LogP contribution in [0.25, 0.3) is 0 Å². The normalized spacial score (nSPS) is 14.1. The lowest BCUT2D eigenvalue weighted by Crippen LogP contribution is -2.30. The van der Waals surface area contributed by atoms with E-state index in [0.29, 0.717) is 31.6 Å². The number of phosphoric acid groups is 2. The Balaban J connectivity index is 5.22. The van der Waals surface area contributed by atoms with Crippen molar-refractivity contribution in [3.8, 4) is 0 Å². The molecule has 0 aromatic heterocycles. The number of hydrogen-bond donors (Lipinski definition) is 3. The molecule has 2 unspecified atom stereocenters. The summed E-state index contributed by atoms with van der Waals surface area (Å²) < 4.78 is 68.3. The molecule has 0 aromatic rings. The number of esters is 4. The zero-order valence-electron chi connectivity index (χ0n) is 58.3. The molecule has 5 atom stereocenters. The number of hydrogen-bond acceptors (Lipinski definition) is 15. The molecule has 19 heteroatoms. The molecule has 0 heterocycles. The van der Waals surface area contributed by atoms with Gasteiger partial charge in [-0.05, 0) is 31.6 Å². The molecule has 0 aromatic carbocycles. The zero-order valence-corrected chi connectivity index (χ0v) is 60.1. The third kappa shape index (κ3) is 64.8. The van der Waals surface area contributed by atoms with Gasteiger partial charge in [-0.3, -0.25) is 37.3 Å². The summed E-state index contributed by atoms with van der Waals surface area (Å²) in [4.78, 5) is 72.5. The first-order valence-corrected chi connectivity index (χ1v) is 40.1. The molecular formula is C71H138O17P2. The van der Waals surface area contributed by atoms with E-state index >= 15 is 0 Å². The Morgan fingerprint density at radius 2 is 0.511 bits per heavy atom. The molecule has 0 rings (SSSR count).